The van der Waals surface area contributed by atoms with E-state index < -0.39 is 6.04 Å². The fourth-order valence-corrected chi connectivity index (χ4v) is 4.34. The number of anilines is 1. The van der Waals surface area contributed by atoms with Gasteiger partial charge >= 0.3 is 0 Å². The van der Waals surface area contributed by atoms with Gasteiger partial charge in [-0.3, -0.25) is 4.79 Å². The van der Waals surface area contributed by atoms with Crippen LogP contribution in [-0.4, -0.2) is 49.2 Å². The Kier molecular flexibility index (Phi) is 5.58. The number of tetrazole rings is 1. The SMILES string of the molecule is CSCC[C@H](C(=O)Nc1nc(-c2ccc3c(c2)C[C@H](C)O3)cs1)n1cnnn1. The molecule has 3 heterocycles. The first-order valence-electron chi connectivity index (χ1n) is 8.92. The Morgan fingerprint density at radius 1 is 1.50 bits per heavy atom. The van der Waals surface area contributed by atoms with Crippen LogP contribution in [0.2, 0.25) is 0 Å². The second-order valence-electron chi connectivity index (χ2n) is 6.57. The maximum Gasteiger partial charge on any atom is 0.251 e. The van der Waals surface area contributed by atoms with E-state index in [1.807, 2.05) is 23.8 Å². The molecule has 0 saturated heterocycles. The van der Waals surface area contributed by atoms with Crippen LogP contribution in [0.1, 0.15) is 24.9 Å². The van der Waals surface area contributed by atoms with E-state index >= 15 is 0 Å². The van der Waals surface area contributed by atoms with Crippen molar-refractivity contribution in [3.05, 3.63) is 35.5 Å². The summed E-state index contributed by atoms with van der Waals surface area (Å²) in [6.07, 6.45) is 5.22. The molecule has 4 rings (SSSR count). The predicted octanol–water partition coefficient (Wildman–Crippen LogP) is 3.05. The Morgan fingerprint density at radius 3 is 3.18 bits per heavy atom. The first-order valence-corrected chi connectivity index (χ1v) is 11.2. The van der Waals surface area contributed by atoms with Gasteiger partial charge in [0, 0.05) is 17.4 Å². The zero-order valence-electron chi connectivity index (χ0n) is 15.5. The number of thiazole rings is 1. The van der Waals surface area contributed by atoms with E-state index in [0.29, 0.717) is 11.6 Å². The topological polar surface area (TPSA) is 94.8 Å². The van der Waals surface area contributed by atoms with Crippen LogP contribution in [0.5, 0.6) is 5.75 Å². The minimum Gasteiger partial charge on any atom is -0.490 e. The minimum atomic E-state index is -0.464. The second kappa shape index (κ2) is 8.27. The molecule has 0 unspecified atom stereocenters. The van der Waals surface area contributed by atoms with Crippen molar-refractivity contribution in [2.75, 3.05) is 17.3 Å². The molecule has 10 heteroatoms. The molecule has 0 radical (unpaired) electrons. The van der Waals surface area contributed by atoms with Crippen molar-refractivity contribution < 1.29 is 9.53 Å². The highest BCUT2D eigenvalue weighted by Gasteiger charge is 2.23. The van der Waals surface area contributed by atoms with Crippen molar-refractivity contribution in [3.63, 3.8) is 0 Å². The van der Waals surface area contributed by atoms with Crippen molar-refractivity contribution >= 4 is 34.1 Å². The maximum absolute atomic E-state index is 12.8. The van der Waals surface area contributed by atoms with Crippen LogP contribution in [0.25, 0.3) is 11.3 Å². The molecule has 2 atom stereocenters. The standard InChI is InChI=1S/C18H20N6O2S2/c1-11-7-13-8-12(3-4-16(13)26-11)14-9-28-18(20-14)21-17(25)15(5-6-27-2)24-10-19-22-23-24/h3-4,8-11,15H,5-7H2,1-2H3,(H,20,21,25)/t11-,15+/m0/s1. The van der Waals surface area contributed by atoms with E-state index in [2.05, 4.69) is 38.8 Å². The third-order valence-corrected chi connectivity index (χ3v) is 5.91. The van der Waals surface area contributed by atoms with Crippen molar-refractivity contribution in [1.82, 2.24) is 25.2 Å². The Bertz CT molecular complexity index is 959. The molecule has 2 aromatic heterocycles. The number of carbonyl (C=O) groups excluding carboxylic acids is 1. The highest BCUT2D eigenvalue weighted by molar-refractivity contribution is 7.98. The summed E-state index contributed by atoms with van der Waals surface area (Å²) in [6, 6.07) is 5.64. The molecule has 1 amide bonds. The van der Waals surface area contributed by atoms with Crippen LogP contribution in [0, 0.1) is 0 Å². The second-order valence-corrected chi connectivity index (χ2v) is 8.41. The van der Waals surface area contributed by atoms with E-state index in [-0.39, 0.29) is 12.0 Å². The molecule has 28 heavy (non-hydrogen) atoms. The van der Waals surface area contributed by atoms with Crippen LogP contribution in [0.15, 0.2) is 29.9 Å². The lowest BCUT2D eigenvalue weighted by Gasteiger charge is -2.14. The van der Waals surface area contributed by atoms with Gasteiger partial charge in [0.15, 0.2) is 5.13 Å². The molecule has 1 aliphatic heterocycles. The molecule has 0 saturated carbocycles. The van der Waals surface area contributed by atoms with Gasteiger partial charge in [-0.1, -0.05) is 0 Å². The van der Waals surface area contributed by atoms with Crippen LogP contribution < -0.4 is 10.1 Å². The maximum atomic E-state index is 12.8. The van der Waals surface area contributed by atoms with Gasteiger partial charge in [-0.15, -0.1) is 16.4 Å². The number of hydrogen-bond acceptors (Lipinski definition) is 8. The summed E-state index contributed by atoms with van der Waals surface area (Å²) < 4.78 is 7.24. The number of thioether (sulfide) groups is 1. The Balaban J connectivity index is 1.48. The third-order valence-electron chi connectivity index (χ3n) is 4.51. The average Bonchev–Trinajstić information content (AvgIpc) is 3.41. The largest absolute Gasteiger partial charge is 0.490 e. The molecular formula is C18H20N6O2S2. The molecule has 0 fully saturated rings. The monoisotopic (exact) mass is 416 g/mol. The van der Waals surface area contributed by atoms with Crippen LogP contribution >= 0.6 is 23.1 Å². The van der Waals surface area contributed by atoms with Crippen LogP contribution in [0.4, 0.5) is 5.13 Å². The van der Waals surface area contributed by atoms with Crippen molar-refractivity contribution in [2.24, 2.45) is 0 Å². The number of ether oxygens (including phenoxy) is 1. The summed E-state index contributed by atoms with van der Waals surface area (Å²) in [5, 5.41) is 16.6. The smallest absolute Gasteiger partial charge is 0.251 e. The minimum absolute atomic E-state index is 0.168. The summed E-state index contributed by atoms with van der Waals surface area (Å²) in [4.78, 5) is 17.4. The van der Waals surface area contributed by atoms with E-state index in [0.717, 1.165) is 29.2 Å². The normalized spacial score (nSPS) is 16.4. The Labute approximate surface area is 170 Å². The number of rotatable bonds is 7. The zero-order chi connectivity index (χ0) is 19.5. The molecule has 8 nitrogen and oxygen atoms in total. The number of carbonyl (C=O) groups is 1. The van der Waals surface area contributed by atoms with E-state index in [4.69, 9.17) is 4.74 Å². The van der Waals surface area contributed by atoms with Gasteiger partial charge in [0.1, 0.15) is 24.2 Å². The highest BCUT2D eigenvalue weighted by atomic mass is 32.2. The average molecular weight is 417 g/mol. The predicted molar refractivity (Wildman–Crippen MR) is 110 cm³/mol. The van der Waals surface area contributed by atoms with Gasteiger partial charge in [0.2, 0.25) is 0 Å². The summed E-state index contributed by atoms with van der Waals surface area (Å²) in [5.74, 6) is 1.60. The molecule has 0 bridgehead atoms. The lowest BCUT2D eigenvalue weighted by molar-refractivity contribution is -0.119. The first kappa shape index (κ1) is 18.9. The van der Waals surface area contributed by atoms with Gasteiger partial charge in [-0.25, -0.2) is 9.67 Å². The fourth-order valence-electron chi connectivity index (χ4n) is 3.16. The Morgan fingerprint density at radius 2 is 2.39 bits per heavy atom. The number of nitrogens with zero attached hydrogens (tertiary/aromatic N) is 5. The fraction of sp³-hybridized carbons (Fsp3) is 0.389. The highest BCUT2D eigenvalue weighted by Crippen LogP contribution is 2.34. The van der Waals surface area contributed by atoms with Crippen molar-refractivity contribution in [1.29, 1.82) is 0 Å². The third kappa shape index (κ3) is 4.02. The quantitative estimate of drug-likeness (QED) is 0.632. The van der Waals surface area contributed by atoms with Gasteiger partial charge in [-0.05, 0) is 59.5 Å². The number of amides is 1. The summed E-state index contributed by atoms with van der Waals surface area (Å²) in [6.45, 7) is 2.06. The number of aromatic nitrogens is 5. The number of hydrogen-bond donors (Lipinski definition) is 1. The number of benzene rings is 1. The molecule has 1 aliphatic rings. The van der Waals surface area contributed by atoms with Crippen molar-refractivity contribution in [3.8, 4) is 17.0 Å². The molecule has 3 aromatic rings. The van der Waals surface area contributed by atoms with Crippen molar-refractivity contribution in [2.45, 2.75) is 31.9 Å². The van der Waals surface area contributed by atoms with E-state index in [1.54, 1.807) is 11.8 Å². The summed E-state index contributed by atoms with van der Waals surface area (Å²) >= 11 is 3.08. The first-order chi connectivity index (χ1) is 13.6. The molecular weight excluding hydrogens is 396 g/mol. The number of nitrogens with one attached hydrogen (secondary N) is 1. The summed E-state index contributed by atoms with van der Waals surface area (Å²) in [7, 11) is 0. The molecule has 0 aliphatic carbocycles. The van der Waals surface area contributed by atoms with E-state index in [1.165, 1.54) is 27.9 Å². The van der Waals surface area contributed by atoms with Gasteiger partial charge in [-0.2, -0.15) is 11.8 Å². The van der Waals surface area contributed by atoms with Gasteiger partial charge < -0.3 is 10.1 Å². The van der Waals surface area contributed by atoms with Gasteiger partial charge in [0.05, 0.1) is 5.69 Å². The molecule has 1 aromatic carbocycles. The van der Waals surface area contributed by atoms with E-state index in [9.17, 15) is 4.79 Å². The van der Waals surface area contributed by atoms with Crippen LogP contribution in [-0.2, 0) is 11.2 Å². The lowest BCUT2D eigenvalue weighted by atomic mass is 10.1. The van der Waals surface area contributed by atoms with Crippen LogP contribution in [0.3, 0.4) is 0 Å². The van der Waals surface area contributed by atoms with Gasteiger partial charge in [0.25, 0.3) is 5.91 Å². The molecule has 146 valence electrons. The number of fused-ring (bicyclic) bond motifs is 1. The molecule has 0 spiro atoms. The molecule has 1 N–H and O–H groups in total. The zero-order valence-corrected chi connectivity index (χ0v) is 17.2. The lowest BCUT2D eigenvalue weighted by Crippen LogP contribution is -2.27. The Hall–Kier alpha value is -2.46. The summed E-state index contributed by atoms with van der Waals surface area (Å²) in [5.41, 5.74) is 3.05.